The van der Waals surface area contributed by atoms with Crippen LogP contribution in [-0.2, 0) is 6.54 Å². The van der Waals surface area contributed by atoms with Crippen LogP contribution in [0.1, 0.15) is 45.1 Å². The van der Waals surface area contributed by atoms with E-state index in [1.165, 1.54) is 31.2 Å². The number of hydrogen-bond donors (Lipinski definition) is 1. The van der Waals surface area contributed by atoms with Crippen LogP contribution in [0.25, 0.3) is 0 Å². The standard InChI is InChI=1S/C18H29NOS/c1-3-9-18(15-21,10-4-2)14-19-11-12-20-17-8-6-5-7-16(17)13-19/h5-8,21H,3-4,9-15H2,1-2H3. The third-order valence-corrected chi connectivity index (χ3v) is 5.16. The van der Waals surface area contributed by atoms with Crippen molar-refractivity contribution in [1.82, 2.24) is 4.90 Å². The molecule has 0 fully saturated rings. The SMILES string of the molecule is CCCC(CS)(CCC)CN1CCOc2ccccc2C1. The van der Waals surface area contributed by atoms with Gasteiger partial charge in [0.1, 0.15) is 12.4 Å². The molecule has 0 bridgehead atoms. The Morgan fingerprint density at radius 2 is 1.90 bits per heavy atom. The van der Waals surface area contributed by atoms with E-state index in [1.54, 1.807) is 0 Å². The molecule has 2 nitrogen and oxygen atoms in total. The topological polar surface area (TPSA) is 12.5 Å². The molecule has 0 radical (unpaired) electrons. The van der Waals surface area contributed by atoms with Gasteiger partial charge in [-0.3, -0.25) is 4.90 Å². The van der Waals surface area contributed by atoms with Crippen molar-refractivity contribution in [3.63, 3.8) is 0 Å². The van der Waals surface area contributed by atoms with Crippen molar-refractivity contribution in [3.8, 4) is 5.75 Å². The molecular formula is C18H29NOS. The molecule has 0 amide bonds. The van der Waals surface area contributed by atoms with Crippen LogP contribution in [0.4, 0.5) is 0 Å². The summed E-state index contributed by atoms with van der Waals surface area (Å²) in [4.78, 5) is 2.56. The number of thiol groups is 1. The van der Waals surface area contributed by atoms with Gasteiger partial charge >= 0.3 is 0 Å². The van der Waals surface area contributed by atoms with Gasteiger partial charge in [-0.2, -0.15) is 12.6 Å². The van der Waals surface area contributed by atoms with Gasteiger partial charge in [0, 0.05) is 25.2 Å². The zero-order valence-corrected chi connectivity index (χ0v) is 14.4. The summed E-state index contributed by atoms with van der Waals surface area (Å²) in [5, 5.41) is 0. The van der Waals surface area contributed by atoms with Gasteiger partial charge in [-0.15, -0.1) is 0 Å². The van der Waals surface area contributed by atoms with E-state index in [1.807, 2.05) is 0 Å². The average Bonchev–Trinajstić information content (AvgIpc) is 2.69. The van der Waals surface area contributed by atoms with E-state index >= 15 is 0 Å². The molecule has 1 aliphatic heterocycles. The predicted molar refractivity (Wildman–Crippen MR) is 93.3 cm³/mol. The number of benzene rings is 1. The van der Waals surface area contributed by atoms with Gasteiger partial charge in [0.15, 0.2) is 0 Å². The molecule has 1 heterocycles. The third kappa shape index (κ3) is 4.40. The molecule has 118 valence electrons. The van der Waals surface area contributed by atoms with Crippen molar-refractivity contribution in [3.05, 3.63) is 29.8 Å². The fourth-order valence-electron chi connectivity index (χ4n) is 3.54. The quantitative estimate of drug-likeness (QED) is 0.750. The Hall–Kier alpha value is -0.670. The Balaban J connectivity index is 2.10. The highest BCUT2D eigenvalue weighted by atomic mass is 32.1. The largest absolute Gasteiger partial charge is 0.492 e. The first kappa shape index (κ1) is 16.7. The second-order valence-corrected chi connectivity index (χ2v) is 6.64. The molecule has 0 spiro atoms. The van der Waals surface area contributed by atoms with Crippen LogP contribution >= 0.6 is 12.6 Å². The fraction of sp³-hybridized carbons (Fsp3) is 0.667. The Morgan fingerprint density at radius 1 is 1.19 bits per heavy atom. The van der Waals surface area contributed by atoms with E-state index in [0.29, 0.717) is 5.41 Å². The summed E-state index contributed by atoms with van der Waals surface area (Å²) in [7, 11) is 0. The minimum absolute atomic E-state index is 0.353. The summed E-state index contributed by atoms with van der Waals surface area (Å²) in [6.45, 7) is 8.51. The molecule has 0 saturated carbocycles. The van der Waals surface area contributed by atoms with E-state index in [-0.39, 0.29) is 0 Å². The highest BCUT2D eigenvalue weighted by molar-refractivity contribution is 7.80. The van der Waals surface area contributed by atoms with E-state index in [9.17, 15) is 0 Å². The molecule has 0 N–H and O–H groups in total. The van der Waals surface area contributed by atoms with Crippen molar-refractivity contribution in [1.29, 1.82) is 0 Å². The van der Waals surface area contributed by atoms with Gasteiger partial charge < -0.3 is 4.74 Å². The summed E-state index contributed by atoms with van der Waals surface area (Å²) in [5.74, 6) is 2.04. The maximum Gasteiger partial charge on any atom is 0.123 e. The highest BCUT2D eigenvalue weighted by Gasteiger charge is 2.30. The summed E-state index contributed by atoms with van der Waals surface area (Å²) in [6.07, 6.45) is 5.01. The molecule has 0 unspecified atom stereocenters. The summed E-state index contributed by atoms with van der Waals surface area (Å²) in [5.41, 5.74) is 1.67. The maximum absolute atomic E-state index is 5.89. The van der Waals surface area contributed by atoms with Crippen LogP contribution in [0, 0.1) is 5.41 Å². The second-order valence-electron chi connectivity index (χ2n) is 6.32. The van der Waals surface area contributed by atoms with Gasteiger partial charge in [0.2, 0.25) is 0 Å². The van der Waals surface area contributed by atoms with E-state index < -0.39 is 0 Å². The molecular weight excluding hydrogens is 278 g/mol. The smallest absolute Gasteiger partial charge is 0.123 e. The molecule has 1 aliphatic rings. The molecule has 3 heteroatoms. The van der Waals surface area contributed by atoms with Crippen molar-refractivity contribution >= 4 is 12.6 Å². The number of hydrogen-bond acceptors (Lipinski definition) is 3. The lowest BCUT2D eigenvalue weighted by Gasteiger charge is -2.37. The molecule has 0 aliphatic carbocycles. The lowest BCUT2D eigenvalue weighted by molar-refractivity contribution is 0.132. The van der Waals surface area contributed by atoms with Crippen LogP contribution in [0.15, 0.2) is 24.3 Å². The van der Waals surface area contributed by atoms with Crippen molar-refractivity contribution < 1.29 is 4.74 Å². The van der Waals surface area contributed by atoms with E-state index in [4.69, 9.17) is 17.4 Å². The van der Waals surface area contributed by atoms with Gasteiger partial charge in [-0.25, -0.2) is 0 Å². The molecule has 1 aromatic carbocycles. The number of rotatable bonds is 7. The molecule has 2 rings (SSSR count). The Kier molecular flexibility index (Phi) is 6.43. The molecule has 0 aromatic heterocycles. The van der Waals surface area contributed by atoms with Crippen LogP contribution in [-0.4, -0.2) is 30.3 Å². The highest BCUT2D eigenvalue weighted by Crippen LogP contribution is 2.34. The Bertz CT molecular complexity index is 429. The fourth-order valence-corrected chi connectivity index (χ4v) is 3.96. The van der Waals surface area contributed by atoms with E-state index in [2.05, 4.69) is 43.0 Å². The number of para-hydroxylation sites is 1. The summed E-state index contributed by atoms with van der Waals surface area (Å²) >= 11 is 4.69. The van der Waals surface area contributed by atoms with Crippen LogP contribution in [0.3, 0.4) is 0 Å². The van der Waals surface area contributed by atoms with Gasteiger partial charge in [0.05, 0.1) is 0 Å². The monoisotopic (exact) mass is 307 g/mol. The van der Waals surface area contributed by atoms with Gasteiger partial charge in [-0.05, 0) is 30.1 Å². The number of ether oxygens (including phenoxy) is 1. The van der Waals surface area contributed by atoms with Crippen LogP contribution in [0.5, 0.6) is 5.75 Å². The number of fused-ring (bicyclic) bond motifs is 1. The number of nitrogens with zero attached hydrogens (tertiary/aromatic N) is 1. The molecule has 0 atom stereocenters. The van der Waals surface area contributed by atoms with Crippen molar-refractivity contribution in [2.45, 2.75) is 46.1 Å². The van der Waals surface area contributed by atoms with Crippen LogP contribution < -0.4 is 4.74 Å². The van der Waals surface area contributed by atoms with Gasteiger partial charge in [0.25, 0.3) is 0 Å². The second kappa shape index (κ2) is 8.09. The predicted octanol–water partition coefficient (Wildman–Crippen LogP) is 4.40. The zero-order valence-electron chi connectivity index (χ0n) is 13.5. The first-order valence-electron chi connectivity index (χ1n) is 8.27. The van der Waals surface area contributed by atoms with Gasteiger partial charge in [-0.1, -0.05) is 44.9 Å². The molecule has 0 saturated heterocycles. The van der Waals surface area contributed by atoms with Crippen molar-refractivity contribution in [2.24, 2.45) is 5.41 Å². The summed E-state index contributed by atoms with van der Waals surface area (Å²) in [6, 6.07) is 8.44. The lowest BCUT2D eigenvalue weighted by Crippen LogP contribution is -2.40. The van der Waals surface area contributed by atoms with E-state index in [0.717, 1.165) is 37.7 Å². The minimum atomic E-state index is 0.353. The first-order chi connectivity index (χ1) is 10.2. The molecule has 21 heavy (non-hydrogen) atoms. The minimum Gasteiger partial charge on any atom is -0.492 e. The normalized spacial score (nSPS) is 16.1. The Morgan fingerprint density at radius 3 is 2.57 bits per heavy atom. The molecule has 1 aromatic rings. The maximum atomic E-state index is 5.89. The van der Waals surface area contributed by atoms with Crippen molar-refractivity contribution in [2.75, 3.05) is 25.4 Å². The summed E-state index contributed by atoms with van der Waals surface area (Å²) < 4.78 is 5.89. The third-order valence-electron chi connectivity index (χ3n) is 4.49. The zero-order chi connectivity index (χ0) is 15.1. The first-order valence-corrected chi connectivity index (χ1v) is 8.90. The average molecular weight is 308 g/mol. The van der Waals surface area contributed by atoms with Crippen LogP contribution in [0.2, 0.25) is 0 Å². The lowest BCUT2D eigenvalue weighted by atomic mass is 9.80. The Labute approximate surface area is 135 Å².